The molecule has 2 aliphatic rings. The van der Waals surface area contributed by atoms with E-state index in [9.17, 15) is 14.7 Å². The summed E-state index contributed by atoms with van der Waals surface area (Å²) >= 11 is 0. The Morgan fingerprint density at radius 1 is 1.09 bits per heavy atom. The predicted molar refractivity (Wildman–Crippen MR) is 135 cm³/mol. The molecule has 7 heteroatoms. The summed E-state index contributed by atoms with van der Waals surface area (Å²) in [5, 5.41) is 10.4. The highest BCUT2D eigenvalue weighted by Crippen LogP contribution is 2.32. The third-order valence-corrected chi connectivity index (χ3v) is 6.48. The molecule has 0 spiro atoms. The van der Waals surface area contributed by atoms with Crippen LogP contribution in [0.3, 0.4) is 0 Å². The maximum atomic E-state index is 12.3. The summed E-state index contributed by atoms with van der Waals surface area (Å²) in [7, 11) is 0. The minimum atomic E-state index is -1.02. The molecular weight excluding hydrogens is 448 g/mol. The number of hydrogen-bond donors (Lipinski definition) is 1. The predicted octanol–water partition coefficient (Wildman–Crippen LogP) is 6.66. The van der Waals surface area contributed by atoms with E-state index in [4.69, 9.17) is 18.9 Å². The lowest BCUT2D eigenvalue weighted by Gasteiger charge is -2.19. The fourth-order valence-corrected chi connectivity index (χ4v) is 4.42. The van der Waals surface area contributed by atoms with Crippen molar-refractivity contribution in [3.63, 3.8) is 0 Å². The largest absolute Gasteiger partial charge is 0.505 e. The number of hydrogen-bond acceptors (Lipinski definition) is 7. The van der Waals surface area contributed by atoms with Crippen molar-refractivity contribution in [2.24, 2.45) is 5.92 Å². The van der Waals surface area contributed by atoms with E-state index in [1.54, 1.807) is 13.8 Å². The summed E-state index contributed by atoms with van der Waals surface area (Å²) < 4.78 is 21.5. The quantitative estimate of drug-likeness (QED) is 0.137. The number of rotatable bonds is 17. The molecule has 3 unspecified atom stereocenters. The second kappa shape index (κ2) is 15.3. The summed E-state index contributed by atoms with van der Waals surface area (Å²) in [6, 6.07) is 0. The van der Waals surface area contributed by atoms with Crippen molar-refractivity contribution in [1.82, 2.24) is 0 Å². The van der Waals surface area contributed by atoms with Crippen molar-refractivity contribution < 1.29 is 33.6 Å². The van der Waals surface area contributed by atoms with Gasteiger partial charge in [-0.3, -0.25) is 4.79 Å². The Bertz CT molecular complexity index is 725. The number of aliphatic hydroxyl groups excluding tert-OH is 1. The van der Waals surface area contributed by atoms with Crippen LogP contribution in [0.5, 0.6) is 0 Å². The van der Waals surface area contributed by atoms with Crippen molar-refractivity contribution in [1.29, 1.82) is 0 Å². The standard InChI is InChI=1S/C28H46O7/c1-5-6-7-8-9-10-11-12-13-14-15-16-17-18-21(2)19-23(29)33-26-24(30)25(34-27(26)31)22-20-32-28(3,4)35-22/h12-13,21-22,25,30H,5-11,14-20H2,1-4H3/b13-12-. The smallest absolute Gasteiger partial charge is 0.378 e. The van der Waals surface area contributed by atoms with Gasteiger partial charge in [-0.2, -0.15) is 0 Å². The Labute approximate surface area is 211 Å². The van der Waals surface area contributed by atoms with Crippen molar-refractivity contribution in [2.45, 2.75) is 129 Å². The molecule has 0 aromatic heterocycles. The van der Waals surface area contributed by atoms with Crippen LogP contribution in [0.2, 0.25) is 0 Å². The molecule has 2 rings (SSSR count). The van der Waals surface area contributed by atoms with Crippen LogP contribution >= 0.6 is 0 Å². The van der Waals surface area contributed by atoms with E-state index in [1.165, 1.54) is 44.9 Å². The molecule has 7 nitrogen and oxygen atoms in total. The molecule has 0 aromatic carbocycles. The molecule has 2 heterocycles. The highest BCUT2D eigenvalue weighted by molar-refractivity contribution is 5.92. The SMILES string of the molecule is CCCCCCCC/C=C\CCCCCC(C)CC(=O)OC1=C(O)C(C2COC(C)(C)O2)OC1=O. The van der Waals surface area contributed by atoms with Crippen molar-refractivity contribution in [2.75, 3.05) is 6.61 Å². The van der Waals surface area contributed by atoms with E-state index in [0.717, 1.165) is 32.1 Å². The number of aliphatic hydroxyl groups is 1. The number of cyclic esters (lactones) is 1. The van der Waals surface area contributed by atoms with E-state index in [2.05, 4.69) is 19.1 Å². The first-order valence-electron chi connectivity index (χ1n) is 13.5. The average Bonchev–Trinajstić information content (AvgIpc) is 3.30. The van der Waals surface area contributed by atoms with Gasteiger partial charge in [-0.15, -0.1) is 0 Å². The minimum absolute atomic E-state index is 0.133. The molecule has 3 atom stereocenters. The van der Waals surface area contributed by atoms with Crippen molar-refractivity contribution >= 4 is 11.9 Å². The minimum Gasteiger partial charge on any atom is -0.505 e. The van der Waals surface area contributed by atoms with Gasteiger partial charge in [0.15, 0.2) is 17.7 Å². The third kappa shape index (κ3) is 10.7. The number of carbonyl (C=O) groups is 2. The van der Waals surface area contributed by atoms with Gasteiger partial charge in [0.25, 0.3) is 5.76 Å². The van der Waals surface area contributed by atoms with Crippen LogP contribution in [0.25, 0.3) is 0 Å². The third-order valence-electron chi connectivity index (χ3n) is 6.48. The van der Waals surface area contributed by atoms with E-state index >= 15 is 0 Å². The van der Waals surface area contributed by atoms with Gasteiger partial charge < -0.3 is 24.1 Å². The van der Waals surface area contributed by atoms with Gasteiger partial charge in [0, 0.05) is 6.42 Å². The molecule has 2 aliphatic heterocycles. The molecule has 1 fully saturated rings. The number of unbranched alkanes of at least 4 members (excludes halogenated alkanes) is 9. The maximum Gasteiger partial charge on any atom is 0.378 e. The highest BCUT2D eigenvalue weighted by Gasteiger charge is 2.47. The van der Waals surface area contributed by atoms with E-state index < -0.39 is 41.5 Å². The molecule has 1 saturated heterocycles. The molecule has 1 N–H and O–H groups in total. The van der Waals surface area contributed by atoms with Crippen LogP contribution in [0.1, 0.15) is 111 Å². The molecular formula is C28H46O7. The lowest BCUT2D eigenvalue weighted by Crippen LogP contribution is -2.32. The highest BCUT2D eigenvalue weighted by atomic mass is 16.8. The summed E-state index contributed by atoms with van der Waals surface area (Å²) in [4.78, 5) is 24.4. The Morgan fingerprint density at radius 3 is 2.34 bits per heavy atom. The van der Waals surface area contributed by atoms with Crippen LogP contribution in [0.15, 0.2) is 23.7 Å². The summed E-state index contributed by atoms with van der Waals surface area (Å²) in [5.41, 5.74) is 0. The summed E-state index contributed by atoms with van der Waals surface area (Å²) in [6.45, 7) is 7.89. The lowest BCUT2D eigenvalue weighted by atomic mass is 9.99. The van der Waals surface area contributed by atoms with Gasteiger partial charge in [-0.25, -0.2) is 4.79 Å². The zero-order valence-corrected chi connectivity index (χ0v) is 22.2. The fraction of sp³-hybridized carbons (Fsp3) is 0.786. The van der Waals surface area contributed by atoms with Gasteiger partial charge in [-0.1, -0.05) is 77.4 Å². The monoisotopic (exact) mass is 494 g/mol. The normalized spacial score (nSPS) is 22.7. The van der Waals surface area contributed by atoms with Crippen LogP contribution in [-0.2, 0) is 28.5 Å². The molecule has 0 bridgehead atoms. The molecule has 0 aliphatic carbocycles. The maximum absolute atomic E-state index is 12.3. The van der Waals surface area contributed by atoms with E-state index in [-0.39, 0.29) is 18.9 Å². The first-order chi connectivity index (χ1) is 16.7. The van der Waals surface area contributed by atoms with Crippen LogP contribution in [-0.4, -0.2) is 41.6 Å². The number of carbonyl (C=O) groups excluding carboxylic acids is 2. The molecule has 0 aromatic rings. The number of allylic oxidation sites excluding steroid dienone is 2. The molecule has 200 valence electrons. The molecule has 0 radical (unpaired) electrons. The second-order valence-electron chi connectivity index (χ2n) is 10.4. The summed E-state index contributed by atoms with van der Waals surface area (Å²) in [5.74, 6) is -2.94. The van der Waals surface area contributed by atoms with E-state index in [1.807, 2.05) is 6.92 Å². The van der Waals surface area contributed by atoms with Crippen molar-refractivity contribution in [3.8, 4) is 0 Å². The first-order valence-corrected chi connectivity index (χ1v) is 13.5. The van der Waals surface area contributed by atoms with Crippen LogP contribution < -0.4 is 0 Å². The topological polar surface area (TPSA) is 91.3 Å². The Morgan fingerprint density at radius 2 is 1.71 bits per heavy atom. The Balaban J connectivity index is 1.57. The van der Waals surface area contributed by atoms with Gasteiger partial charge in [0.05, 0.1) is 6.61 Å². The van der Waals surface area contributed by atoms with Gasteiger partial charge >= 0.3 is 11.9 Å². The Hall–Kier alpha value is -1.86. The average molecular weight is 495 g/mol. The number of ether oxygens (including phenoxy) is 4. The number of esters is 2. The zero-order valence-electron chi connectivity index (χ0n) is 22.2. The lowest BCUT2D eigenvalue weighted by molar-refractivity contribution is -0.164. The summed E-state index contributed by atoms with van der Waals surface area (Å²) in [6.07, 6.45) is 17.7. The van der Waals surface area contributed by atoms with Gasteiger partial charge in [0.1, 0.15) is 6.10 Å². The van der Waals surface area contributed by atoms with Gasteiger partial charge in [-0.05, 0) is 45.4 Å². The van der Waals surface area contributed by atoms with Crippen LogP contribution in [0, 0.1) is 5.92 Å². The van der Waals surface area contributed by atoms with E-state index in [0.29, 0.717) is 0 Å². The van der Waals surface area contributed by atoms with Crippen molar-refractivity contribution in [3.05, 3.63) is 23.7 Å². The fourth-order valence-electron chi connectivity index (χ4n) is 4.42. The van der Waals surface area contributed by atoms with Crippen LogP contribution in [0.4, 0.5) is 0 Å². The molecule has 0 amide bonds. The van der Waals surface area contributed by atoms with Gasteiger partial charge in [0.2, 0.25) is 0 Å². The second-order valence-corrected chi connectivity index (χ2v) is 10.4. The molecule has 35 heavy (non-hydrogen) atoms. The zero-order chi connectivity index (χ0) is 25.7. The first kappa shape index (κ1) is 29.4. The Kier molecular flexibility index (Phi) is 12.8. The molecule has 0 saturated carbocycles.